The summed E-state index contributed by atoms with van der Waals surface area (Å²) in [6, 6.07) is 0. The number of hydrogen-bond acceptors (Lipinski definition) is 2. The van der Waals surface area contributed by atoms with Crippen molar-refractivity contribution in [3.63, 3.8) is 0 Å². The van der Waals surface area contributed by atoms with Crippen molar-refractivity contribution >= 4 is 0 Å². The Balaban J connectivity index is 2.17. The summed E-state index contributed by atoms with van der Waals surface area (Å²) >= 11 is 0. The lowest BCUT2D eigenvalue weighted by molar-refractivity contribution is 0.159. The van der Waals surface area contributed by atoms with Crippen LogP contribution >= 0.6 is 0 Å². The fraction of sp³-hybridized carbons (Fsp3) is 1.00. The summed E-state index contributed by atoms with van der Waals surface area (Å²) in [6.45, 7) is 16.5. The van der Waals surface area contributed by atoms with Crippen LogP contribution in [0.4, 0.5) is 0 Å². The minimum absolute atomic E-state index is 0.253. The third-order valence-electron chi connectivity index (χ3n) is 3.84. The largest absolute Gasteiger partial charge is 0.312 e. The number of nitrogens with one attached hydrogen (secondary N) is 1. The molecule has 1 heterocycles. The molecule has 0 radical (unpaired) electrons. The standard InChI is InChI=1S/C15H32N2/c1-6-14-7-9-17(10-8-14)12-13(2)11-16-15(3,4)5/h13-14,16H,6-12H2,1-5H3. The van der Waals surface area contributed by atoms with Gasteiger partial charge in [0.05, 0.1) is 0 Å². The molecule has 0 aromatic rings. The molecule has 0 bridgehead atoms. The first kappa shape index (κ1) is 15.0. The summed E-state index contributed by atoms with van der Waals surface area (Å²) < 4.78 is 0. The topological polar surface area (TPSA) is 15.3 Å². The summed E-state index contributed by atoms with van der Waals surface area (Å²) in [4.78, 5) is 2.65. The zero-order chi connectivity index (χ0) is 12.9. The van der Waals surface area contributed by atoms with E-state index >= 15 is 0 Å². The zero-order valence-electron chi connectivity index (χ0n) is 12.6. The Hall–Kier alpha value is -0.0800. The summed E-state index contributed by atoms with van der Waals surface area (Å²) in [5.41, 5.74) is 0.253. The van der Waals surface area contributed by atoms with Gasteiger partial charge in [-0.05, 0) is 65.1 Å². The van der Waals surface area contributed by atoms with Crippen molar-refractivity contribution < 1.29 is 0 Å². The molecule has 0 spiro atoms. The Labute approximate surface area is 108 Å². The van der Waals surface area contributed by atoms with E-state index in [-0.39, 0.29) is 5.54 Å². The normalized spacial score (nSPS) is 21.7. The summed E-state index contributed by atoms with van der Waals surface area (Å²) in [5, 5.41) is 3.60. The molecule has 0 aromatic heterocycles. The van der Waals surface area contributed by atoms with Crippen molar-refractivity contribution in [3.05, 3.63) is 0 Å². The minimum Gasteiger partial charge on any atom is -0.312 e. The number of likely N-dealkylation sites (tertiary alicyclic amines) is 1. The Morgan fingerprint density at radius 2 is 1.82 bits per heavy atom. The van der Waals surface area contributed by atoms with Crippen molar-refractivity contribution in [3.8, 4) is 0 Å². The molecule has 1 rings (SSSR count). The van der Waals surface area contributed by atoms with Crippen LogP contribution in [0.1, 0.15) is 53.9 Å². The van der Waals surface area contributed by atoms with Crippen LogP contribution in [0, 0.1) is 11.8 Å². The van der Waals surface area contributed by atoms with Gasteiger partial charge < -0.3 is 10.2 Å². The van der Waals surface area contributed by atoms with E-state index < -0.39 is 0 Å². The molecule has 1 aliphatic rings. The lowest BCUT2D eigenvalue weighted by Gasteiger charge is -2.34. The highest BCUT2D eigenvalue weighted by molar-refractivity contribution is 4.76. The van der Waals surface area contributed by atoms with Crippen LogP contribution in [0.2, 0.25) is 0 Å². The Morgan fingerprint density at radius 1 is 1.24 bits per heavy atom. The van der Waals surface area contributed by atoms with E-state index in [1.165, 1.54) is 38.9 Å². The Kier molecular flexibility index (Phi) is 5.94. The second-order valence-corrected chi connectivity index (χ2v) is 6.89. The van der Waals surface area contributed by atoms with Gasteiger partial charge in [0, 0.05) is 12.1 Å². The highest BCUT2D eigenvalue weighted by Crippen LogP contribution is 2.20. The van der Waals surface area contributed by atoms with E-state index in [0.29, 0.717) is 0 Å². The summed E-state index contributed by atoms with van der Waals surface area (Å²) in [5.74, 6) is 1.75. The molecule has 2 nitrogen and oxygen atoms in total. The van der Waals surface area contributed by atoms with E-state index in [2.05, 4.69) is 44.8 Å². The Bertz CT molecular complexity index is 199. The van der Waals surface area contributed by atoms with Crippen LogP contribution in [0.5, 0.6) is 0 Å². The molecule has 1 aliphatic heterocycles. The lowest BCUT2D eigenvalue weighted by Crippen LogP contribution is -2.43. The van der Waals surface area contributed by atoms with Crippen LogP contribution in [-0.2, 0) is 0 Å². The summed E-state index contributed by atoms with van der Waals surface area (Å²) in [6.07, 6.45) is 4.20. The SMILES string of the molecule is CCC1CCN(CC(C)CNC(C)(C)C)CC1. The predicted octanol–water partition coefficient (Wildman–Crippen LogP) is 3.13. The van der Waals surface area contributed by atoms with Gasteiger partial charge in [-0.25, -0.2) is 0 Å². The molecule has 2 heteroatoms. The molecule has 1 fully saturated rings. The van der Waals surface area contributed by atoms with E-state index in [1.807, 2.05) is 0 Å². The minimum atomic E-state index is 0.253. The first-order valence-electron chi connectivity index (χ1n) is 7.38. The highest BCUT2D eigenvalue weighted by Gasteiger charge is 2.19. The van der Waals surface area contributed by atoms with Crippen LogP contribution in [0.3, 0.4) is 0 Å². The van der Waals surface area contributed by atoms with Crippen LogP contribution in [-0.4, -0.2) is 36.6 Å². The van der Waals surface area contributed by atoms with Gasteiger partial charge in [0.15, 0.2) is 0 Å². The van der Waals surface area contributed by atoms with Crippen molar-refractivity contribution in [2.45, 2.75) is 59.4 Å². The van der Waals surface area contributed by atoms with Gasteiger partial charge in [-0.15, -0.1) is 0 Å². The van der Waals surface area contributed by atoms with Crippen LogP contribution in [0.15, 0.2) is 0 Å². The number of hydrogen-bond donors (Lipinski definition) is 1. The molecule has 1 N–H and O–H groups in total. The van der Waals surface area contributed by atoms with Crippen molar-refractivity contribution in [1.82, 2.24) is 10.2 Å². The zero-order valence-corrected chi connectivity index (χ0v) is 12.6. The van der Waals surface area contributed by atoms with Crippen molar-refractivity contribution in [2.24, 2.45) is 11.8 Å². The maximum absolute atomic E-state index is 3.60. The van der Waals surface area contributed by atoms with Crippen molar-refractivity contribution in [1.29, 1.82) is 0 Å². The second kappa shape index (κ2) is 6.75. The number of nitrogens with zero attached hydrogens (tertiary/aromatic N) is 1. The van der Waals surface area contributed by atoms with Crippen LogP contribution in [0.25, 0.3) is 0 Å². The third kappa shape index (κ3) is 6.42. The average Bonchev–Trinajstić information content (AvgIpc) is 2.27. The van der Waals surface area contributed by atoms with E-state index in [0.717, 1.165) is 18.4 Å². The molecule has 1 atom stereocenters. The van der Waals surface area contributed by atoms with Gasteiger partial charge in [-0.3, -0.25) is 0 Å². The molecule has 0 aliphatic carbocycles. The molecule has 1 saturated heterocycles. The first-order chi connectivity index (χ1) is 7.90. The smallest absolute Gasteiger partial charge is 0.00966 e. The van der Waals surface area contributed by atoms with Gasteiger partial charge in [0.2, 0.25) is 0 Å². The molecular weight excluding hydrogens is 208 g/mol. The second-order valence-electron chi connectivity index (χ2n) is 6.89. The van der Waals surface area contributed by atoms with Gasteiger partial charge in [-0.1, -0.05) is 20.3 Å². The third-order valence-corrected chi connectivity index (χ3v) is 3.84. The molecule has 17 heavy (non-hydrogen) atoms. The molecule has 1 unspecified atom stereocenters. The highest BCUT2D eigenvalue weighted by atomic mass is 15.1. The van der Waals surface area contributed by atoms with Gasteiger partial charge >= 0.3 is 0 Å². The quantitative estimate of drug-likeness (QED) is 0.794. The van der Waals surface area contributed by atoms with E-state index in [1.54, 1.807) is 0 Å². The fourth-order valence-electron chi connectivity index (χ4n) is 2.56. The molecule has 0 aromatic carbocycles. The predicted molar refractivity (Wildman–Crippen MR) is 76.4 cm³/mol. The first-order valence-corrected chi connectivity index (χ1v) is 7.38. The van der Waals surface area contributed by atoms with E-state index in [4.69, 9.17) is 0 Å². The average molecular weight is 240 g/mol. The van der Waals surface area contributed by atoms with Gasteiger partial charge in [0.25, 0.3) is 0 Å². The monoisotopic (exact) mass is 240 g/mol. The molecule has 0 amide bonds. The maximum atomic E-state index is 3.60. The number of piperidine rings is 1. The van der Waals surface area contributed by atoms with Crippen LogP contribution < -0.4 is 5.32 Å². The van der Waals surface area contributed by atoms with Gasteiger partial charge in [-0.2, -0.15) is 0 Å². The molecular formula is C15H32N2. The molecule has 0 saturated carbocycles. The van der Waals surface area contributed by atoms with E-state index in [9.17, 15) is 0 Å². The Morgan fingerprint density at radius 3 is 2.29 bits per heavy atom. The maximum Gasteiger partial charge on any atom is 0.00966 e. The van der Waals surface area contributed by atoms with Crippen molar-refractivity contribution in [2.75, 3.05) is 26.2 Å². The number of rotatable bonds is 5. The lowest BCUT2D eigenvalue weighted by atomic mass is 9.94. The summed E-state index contributed by atoms with van der Waals surface area (Å²) in [7, 11) is 0. The van der Waals surface area contributed by atoms with Gasteiger partial charge in [0.1, 0.15) is 0 Å². The molecule has 102 valence electrons. The fourth-order valence-corrected chi connectivity index (χ4v) is 2.56.